The lowest BCUT2D eigenvalue weighted by atomic mass is 9.92. The molecule has 1 aromatic heterocycles. The Morgan fingerprint density at radius 2 is 2.00 bits per heavy atom. The molecule has 2 aromatic rings. The van der Waals surface area contributed by atoms with Crippen molar-refractivity contribution in [2.24, 2.45) is 5.92 Å². The first-order valence-corrected chi connectivity index (χ1v) is 8.58. The number of ether oxygens (including phenoxy) is 1. The Labute approximate surface area is 136 Å². The maximum Gasteiger partial charge on any atom is 0.213 e. The standard InChI is InChI=1S/C18H23N3O2/c1-2-4-17-16(3-1)11-14(7-10-22-17)12-21-8-5-15(6-9-21)18-19-13-23-20-18/h1-4,13-15H,5-12H2/t14-/m0/s1. The van der Waals surface area contributed by atoms with Crippen molar-refractivity contribution in [1.29, 1.82) is 0 Å². The van der Waals surface area contributed by atoms with E-state index in [9.17, 15) is 0 Å². The van der Waals surface area contributed by atoms with E-state index in [-0.39, 0.29) is 0 Å². The number of benzene rings is 1. The summed E-state index contributed by atoms with van der Waals surface area (Å²) in [5.41, 5.74) is 1.36. The summed E-state index contributed by atoms with van der Waals surface area (Å²) in [4.78, 5) is 6.80. The fourth-order valence-corrected chi connectivity index (χ4v) is 3.82. The zero-order valence-electron chi connectivity index (χ0n) is 13.4. The molecule has 0 spiro atoms. The Balaban J connectivity index is 1.33. The summed E-state index contributed by atoms with van der Waals surface area (Å²) in [6.45, 7) is 4.24. The lowest BCUT2D eigenvalue weighted by Crippen LogP contribution is -2.37. The molecule has 1 aromatic carbocycles. The summed E-state index contributed by atoms with van der Waals surface area (Å²) < 4.78 is 10.8. The van der Waals surface area contributed by atoms with Crippen molar-refractivity contribution < 1.29 is 9.26 Å². The molecule has 0 amide bonds. The average Bonchev–Trinajstić information content (AvgIpc) is 3.04. The van der Waals surface area contributed by atoms with Gasteiger partial charge >= 0.3 is 0 Å². The molecule has 4 rings (SSSR count). The van der Waals surface area contributed by atoms with Crippen LogP contribution >= 0.6 is 0 Å². The van der Waals surface area contributed by atoms with E-state index in [4.69, 9.17) is 9.26 Å². The Morgan fingerprint density at radius 3 is 2.83 bits per heavy atom. The van der Waals surface area contributed by atoms with Gasteiger partial charge in [0.2, 0.25) is 6.39 Å². The maximum atomic E-state index is 5.89. The molecule has 0 radical (unpaired) electrons. The van der Waals surface area contributed by atoms with Crippen LogP contribution in [0.3, 0.4) is 0 Å². The molecular weight excluding hydrogens is 290 g/mol. The van der Waals surface area contributed by atoms with Crippen molar-refractivity contribution in [1.82, 2.24) is 15.0 Å². The minimum atomic E-state index is 0.461. The van der Waals surface area contributed by atoms with E-state index in [0.29, 0.717) is 11.8 Å². The number of nitrogens with zero attached hydrogens (tertiary/aromatic N) is 3. The Kier molecular flexibility index (Phi) is 4.28. The first-order valence-electron chi connectivity index (χ1n) is 8.58. The van der Waals surface area contributed by atoms with E-state index < -0.39 is 0 Å². The number of rotatable bonds is 3. The van der Waals surface area contributed by atoms with Gasteiger partial charge in [-0.15, -0.1) is 0 Å². The van der Waals surface area contributed by atoms with E-state index in [1.54, 1.807) is 0 Å². The fraction of sp³-hybridized carbons (Fsp3) is 0.556. The molecule has 1 fully saturated rings. The molecule has 0 N–H and O–H groups in total. The third-order valence-corrected chi connectivity index (χ3v) is 5.11. The van der Waals surface area contributed by atoms with Crippen molar-refractivity contribution >= 4 is 0 Å². The quantitative estimate of drug-likeness (QED) is 0.872. The summed E-state index contributed by atoms with van der Waals surface area (Å²) in [7, 11) is 0. The number of fused-ring (bicyclic) bond motifs is 1. The second kappa shape index (κ2) is 6.71. The Hall–Kier alpha value is -1.88. The topological polar surface area (TPSA) is 51.4 Å². The van der Waals surface area contributed by atoms with Gasteiger partial charge in [-0.2, -0.15) is 4.98 Å². The first-order chi connectivity index (χ1) is 11.4. The van der Waals surface area contributed by atoms with E-state index in [1.165, 1.54) is 12.0 Å². The zero-order valence-corrected chi connectivity index (χ0v) is 13.4. The molecule has 0 bridgehead atoms. The van der Waals surface area contributed by atoms with Crippen LogP contribution in [-0.2, 0) is 6.42 Å². The molecule has 0 unspecified atom stereocenters. The number of hydrogen-bond acceptors (Lipinski definition) is 5. The molecule has 0 saturated carbocycles. The van der Waals surface area contributed by atoms with Crippen molar-refractivity contribution in [3.8, 4) is 5.75 Å². The largest absolute Gasteiger partial charge is 0.493 e. The maximum absolute atomic E-state index is 5.89. The van der Waals surface area contributed by atoms with Crippen LogP contribution in [0.4, 0.5) is 0 Å². The van der Waals surface area contributed by atoms with Gasteiger partial charge in [0, 0.05) is 12.5 Å². The van der Waals surface area contributed by atoms with Crippen LogP contribution in [0.15, 0.2) is 35.2 Å². The van der Waals surface area contributed by atoms with Crippen LogP contribution in [-0.4, -0.2) is 41.3 Å². The summed E-state index contributed by atoms with van der Waals surface area (Å²) in [5, 5.41) is 4.00. The molecule has 2 aliphatic heterocycles. The van der Waals surface area contributed by atoms with Crippen LogP contribution in [0.25, 0.3) is 0 Å². The molecular formula is C18H23N3O2. The zero-order chi connectivity index (χ0) is 15.5. The van der Waals surface area contributed by atoms with Gasteiger partial charge in [0.15, 0.2) is 5.82 Å². The summed E-state index contributed by atoms with van der Waals surface area (Å²) >= 11 is 0. The van der Waals surface area contributed by atoms with Crippen molar-refractivity contribution in [3.63, 3.8) is 0 Å². The second-order valence-corrected chi connectivity index (χ2v) is 6.68. The van der Waals surface area contributed by atoms with E-state index in [1.807, 2.05) is 0 Å². The highest BCUT2D eigenvalue weighted by Gasteiger charge is 2.26. The van der Waals surface area contributed by atoms with Gasteiger partial charge in [-0.25, -0.2) is 0 Å². The van der Waals surface area contributed by atoms with Crippen LogP contribution in [0.2, 0.25) is 0 Å². The molecule has 3 heterocycles. The highest BCUT2D eigenvalue weighted by molar-refractivity contribution is 5.34. The lowest BCUT2D eigenvalue weighted by Gasteiger charge is -2.33. The summed E-state index contributed by atoms with van der Waals surface area (Å²) in [6, 6.07) is 8.47. The number of piperidine rings is 1. The molecule has 1 atom stereocenters. The minimum Gasteiger partial charge on any atom is -0.493 e. The first kappa shape index (κ1) is 14.7. The molecule has 2 aliphatic rings. The van der Waals surface area contributed by atoms with Crippen LogP contribution < -0.4 is 4.74 Å². The van der Waals surface area contributed by atoms with E-state index in [2.05, 4.69) is 39.3 Å². The van der Waals surface area contributed by atoms with Gasteiger partial charge in [-0.3, -0.25) is 0 Å². The second-order valence-electron chi connectivity index (χ2n) is 6.68. The number of likely N-dealkylation sites (tertiary alicyclic amines) is 1. The van der Waals surface area contributed by atoms with Gasteiger partial charge in [-0.05, 0) is 56.3 Å². The van der Waals surface area contributed by atoms with Gasteiger partial charge in [-0.1, -0.05) is 23.4 Å². The van der Waals surface area contributed by atoms with Crippen molar-refractivity contribution in [3.05, 3.63) is 42.0 Å². The molecule has 23 heavy (non-hydrogen) atoms. The monoisotopic (exact) mass is 313 g/mol. The summed E-state index contributed by atoms with van der Waals surface area (Å²) in [5.74, 6) is 3.09. The predicted molar refractivity (Wildman–Crippen MR) is 86.5 cm³/mol. The van der Waals surface area contributed by atoms with Crippen LogP contribution in [0.5, 0.6) is 5.75 Å². The molecule has 5 heteroatoms. The average molecular weight is 313 g/mol. The van der Waals surface area contributed by atoms with Crippen LogP contribution in [0.1, 0.15) is 36.6 Å². The lowest BCUT2D eigenvalue weighted by molar-refractivity contribution is 0.169. The fourth-order valence-electron chi connectivity index (χ4n) is 3.82. The van der Waals surface area contributed by atoms with Gasteiger partial charge in [0.25, 0.3) is 0 Å². The number of aromatic nitrogens is 2. The Bertz CT molecular complexity index is 621. The van der Waals surface area contributed by atoms with Crippen molar-refractivity contribution in [2.45, 2.75) is 31.6 Å². The number of para-hydroxylation sites is 1. The van der Waals surface area contributed by atoms with Gasteiger partial charge < -0.3 is 14.2 Å². The van der Waals surface area contributed by atoms with E-state index in [0.717, 1.165) is 63.5 Å². The van der Waals surface area contributed by atoms with Crippen molar-refractivity contribution in [2.75, 3.05) is 26.2 Å². The third-order valence-electron chi connectivity index (χ3n) is 5.11. The predicted octanol–water partition coefficient (Wildman–Crippen LogP) is 2.89. The molecule has 1 saturated heterocycles. The smallest absolute Gasteiger partial charge is 0.213 e. The highest BCUT2D eigenvalue weighted by atomic mass is 16.5. The molecule has 0 aliphatic carbocycles. The molecule has 122 valence electrons. The third kappa shape index (κ3) is 3.39. The SMILES string of the molecule is c1ccc2c(c1)C[C@@H](CN1CCC(c3ncon3)CC1)CCO2. The normalized spacial score (nSPS) is 23.0. The highest BCUT2D eigenvalue weighted by Crippen LogP contribution is 2.29. The Morgan fingerprint density at radius 1 is 1.13 bits per heavy atom. The van der Waals surface area contributed by atoms with Crippen LogP contribution in [0, 0.1) is 5.92 Å². The number of hydrogen-bond donors (Lipinski definition) is 0. The van der Waals surface area contributed by atoms with Gasteiger partial charge in [0.05, 0.1) is 6.61 Å². The minimum absolute atomic E-state index is 0.461. The molecule has 5 nitrogen and oxygen atoms in total. The van der Waals surface area contributed by atoms with E-state index >= 15 is 0 Å². The van der Waals surface area contributed by atoms with Gasteiger partial charge in [0.1, 0.15) is 5.75 Å². The summed E-state index contributed by atoms with van der Waals surface area (Å²) in [6.07, 6.45) is 5.95.